The lowest BCUT2D eigenvalue weighted by atomic mass is 10.1. The molecule has 0 saturated heterocycles. The van der Waals surface area contributed by atoms with Crippen LogP contribution in [0.1, 0.15) is 32.2 Å². The molecule has 3 N–H and O–H groups in total. The minimum Gasteiger partial charge on any atom is -0.444 e. The number of nitrogens with one attached hydrogen (secondary N) is 3. The lowest BCUT2D eigenvalue weighted by Crippen LogP contribution is -2.39. The highest BCUT2D eigenvalue weighted by molar-refractivity contribution is 5.84. The van der Waals surface area contributed by atoms with Crippen molar-refractivity contribution in [2.24, 2.45) is 4.99 Å². The number of hydrogen-bond donors (Lipinski definition) is 3. The molecule has 0 spiro atoms. The number of nitrogens with zero attached hydrogens (tertiary/aromatic N) is 4. The van der Waals surface area contributed by atoms with Gasteiger partial charge in [0.05, 0.1) is 0 Å². The van der Waals surface area contributed by atoms with Crippen LogP contribution in [0.3, 0.4) is 0 Å². The number of hydrogen-bond acceptors (Lipinski definition) is 5. The fourth-order valence-electron chi connectivity index (χ4n) is 3.08. The predicted molar refractivity (Wildman–Crippen MR) is 126 cm³/mol. The Hall–Kier alpha value is -3.62. The van der Waals surface area contributed by atoms with Gasteiger partial charge in [-0.3, -0.25) is 14.7 Å². The number of amides is 1. The average molecular weight is 438 g/mol. The number of aromatic nitrogens is 3. The summed E-state index contributed by atoms with van der Waals surface area (Å²) in [6.07, 6.45) is 3.06. The number of pyridine rings is 1. The Morgan fingerprint density at radius 3 is 2.44 bits per heavy atom. The van der Waals surface area contributed by atoms with Gasteiger partial charge >= 0.3 is 6.09 Å². The van der Waals surface area contributed by atoms with Crippen molar-refractivity contribution in [2.75, 3.05) is 25.5 Å². The number of carbonyl (C=O) groups excluding carboxylic acids is 1. The number of ether oxygens (including phenoxy) is 1. The monoisotopic (exact) mass is 437 g/mol. The Morgan fingerprint density at radius 1 is 1.03 bits per heavy atom. The van der Waals surface area contributed by atoms with Gasteiger partial charge in [-0.25, -0.2) is 4.79 Å². The number of benzene rings is 1. The van der Waals surface area contributed by atoms with Crippen LogP contribution in [-0.2, 0) is 17.6 Å². The Morgan fingerprint density at radius 2 is 1.75 bits per heavy atom. The van der Waals surface area contributed by atoms with Crippen molar-refractivity contribution in [2.45, 2.75) is 39.2 Å². The molecule has 3 aromatic rings. The molecule has 32 heavy (non-hydrogen) atoms. The number of carbonyl (C=O) groups is 1. The fraction of sp³-hybridized carbons (Fsp3) is 0.391. The van der Waals surface area contributed by atoms with Gasteiger partial charge in [0, 0.05) is 38.4 Å². The van der Waals surface area contributed by atoms with Gasteiger partial charge in [0.2, 0.25) is 0 Å². The van der Waals surface area contributed by atoms with Crippen molar-refractivity contribution in [3.8, 4) is 0 Å². The summed E-state index contributed by atoms with van der Waals surface area (Å²) in [5.41, 5.74) is 2.18. The maximum Gasteiger partial charge on any atom is 0.412 e. The minimum atomic E-state index is -0.522. The summed E-state index contributed by atoms with van der Waals surface area (Å²) in [5, 5.41) is 17.8. The molecule has 9 nitrogen and oxygen atoms in total. The third-order valence-corrected chi connectivity index (χ3v) is 4.55. The highest BCUT2D eigenvalue weighted by atomic mass is 16.6. The lowest BCUT2D eigenvalue weighted by Gasteiger charge is -2.19. The molecule has 0 unspecified atom stereocenters. The molecule has 0 radical (unpaired) electrons. The molecule has 170 valence electrons. The van der Waals surface area contributed by atoms with E-state index >= 15 is 0 Å². The Bertz CT molecular complexity index is 1050. The van der Waals surface area contributed by atoms with Crippen LogP contribution < -0.4 is 16.0 Å². The van der Waals surface area contributed by atoms with E-state index in [9.17, 15) is 4.79 Å². The molecule has 0 saturated carbocycles. The molecule has 0 atom stereocenters. The molecule has 2 aromatic heterocycles. The van der Waals surface area contributed by atoms with Crippen molar-refractivity contribution in [3.63, 3.8) is 0 Å². The van der Waals surface area contributed by atoms with Crippen molar-refractivity contribution in [3.05, 3.63) is 60.0 Å². The lowest BCUT2D eigenvalue weighted by molar-refractivity contribution is 0.0636. The van der Waals surface area contributed by atoms with E-state index in [2.05, 4.69) is 31.1 Å². The molecule has 0 aliphatic carbocycles. The highest BCUT2D eigenvalue weighted by Gasteiger charge is 2.16. The number of anilines is 1. The molecule has 0 fully saturated rings. The van der Waals surface area contributed by atoms with E-state index in [0.717, 1.165) is 42.4 Å². The smallest absolute Gasteiger partial charge is 0.412 e. The summed E-state index contributed by atoms with van der Waals surface area (Å²) >= 11 is 0. The summed E-state index contributed by atoms with van der Waals surface area (Å²) in [6, 6.07) is 13.6. The van der Waals surface area contributed by atoms with Gasteiger partial charge < -0.3 is 15.4 Å². The Kier molecular flexibility index (Phi) is 7.64. The normalized spacial score (nSPS) is 11.9. The minimum absolute atomic E-state index is 0.457. The Labute approximate surface area is 188 Å². The van der Waals surface area contributed by atoms with Gasteiger partial charge in [0.1, 0.15) is 11.4 Å². The number of aliphatic imine (C=N–C) groups is 1. The SMILES string of the molecule is CN=C(NCCc1ccc(NC(=O)OC(C)(C)C)cc1)NCCc1nnc2ccccn12. The number of fused-ring (bicyclic) bond motifs is 1. The molecule has 0 bridgehead atoms. The molecule has 1 amide bonds. The summed E-state index contributed by atoms with van der Waals surface area (Å²) in [5.74, 6) is 1.64. The van der Waals surface area contributed by atoms with Crippen LogP contribution in [0.4, 0.5) is 10.5 Å². The summed E-state index contributed by atoms with van der Waals surface area (Å²) in [6.45, 7) is 6.93. The topological polar surface area (TPSA) is 105 Å². The maximum absolute atomic E-state index is 11.8. The molecule has 2 heterocycles. The van der Waals surface area contributed by atoms with Crippen LogP contribution in [-0.4, -0.2) is 52.4 Å². The second kappa shape index (κ2) is 10.6. The zero-order valence-electron chi connectivity index (χ0n) is 19.1. The molecular weight excluding hydrogens is 406 g/mol. The van der Waals surface area contributed by atoms with Crippen molar-refractivity contribution in [1.82, 2.24) is 25.2 Å². The molecular formula is C23H31N7O2. The van der Waals surface area contributed by atoms with Crippen LogP contribution in [0.2, 0.25) is 0 Å². The first-order valence-corrected chi connectivity index (χ1v) is 10.7. The van der Waals surface area contributed by atoms with Crippen molar-refractivity contribution >= 4 is 23.4 Å². The number of guanidine groups is 1. The third-order valence-electron chi connectivity index (χ3n) is 4.55. The standard InChI is InChI=1S/C23H31N7O2/c1-23(2,3)32-22(31)27-18-10-8-17(9-11-18)12-14-25-21(24-4)26-15-13-20-29-28-19-7-5-6-16-30(19)20/h5-11,16H,12-15H2,1-4H3,(H,27,31)(H2,24,25,26). The molecule has 0 aliphatic heterocycles. The van der Waals surface area contributed by atoms with Crippen LogP contribution >= 0.6 is 0 Å². The average Bonchev–Trinajstić information content (AvgIpc) is 3.15. The third kappa shape index (κ3) is 6.97. The van der Waals surface area contributed by atoms with Crippen molar-refractivity contribution < 1.29 is 9.53 Å². The van der Waals surface area contributed by atoms with Gasteiger partial charge in [-0.2, -0.15) is 0 Å². The molecule has 1 aromatic carbocycles. The van der Waals surface area contributed by atoms with E-state index < -0.39 is 11.7 Å². The van der Waals surface area contributed by atoms with E-state index in [-0.39, 0.29) is 0 Å². The fourth-order valence-corrected chi connectivity index (χ4v) is 3.08. The van der Waals surface area contributed by atoms with Gasteiger partial charge in [0.15, 0.2) is 11.6 Å². The van der Waals surface area contributed by atoms with E-state index in [1.807, 2.05) is 73.8 Å². The predicted octanol–water partition coefficient (Wildman–Crippen LogP) is 3.03. The highest BCUT2D eigenvalue weighted by Crippen LogP contribution is 2.13. The molecule has 3 rings (SSSR count). The summed E-state index contributed by atoms with van der Waals surface area (Å²) in [4.78, 5) is 16.1. The Balaban J connectivity index is 1.39. The number of rotatable bonds is 7. The first-order chi connectivity index (χ1) is 15.3. The summed E-state index contributed by atoms with van der Waals surface area (Å²) in [7, 11) is 1.75. The second-order valence-corrected chi connectivity index (χ2v) is 8.29. The van der Waals surface area contributed by atoms with E-state index in [1.165, 1.54) is 0 Å². The zero-order chi connectivity index (χ0) is 23.0. The first kappa shape index (κ1) is 23.1. The van der Waals surface area contributed by atoms with Gasteiger partial charge in [-0.15, -0.1) is 10.2 Å². The largest absolute Gasteiger partial charge is 0.444 e. The molecule has 0 aliphatic rings. The van der Waals surface area contributed by atoms with Crippen LogP contribution in [0.5, 0.6) is 0 Å². The zero-order valence-corrected chi connectivity index (χ0v) is 19.1. The molecule has 9 heteroatoms. The quantitative estimate of drug-likeness (QED) is 0.388. The van der Waals surface area contributed by atoms with Gasteiger partial charge in [-0.1, -0.05) is 18.2 Å². The maximum atomic E-state index is 11.8. The second-order valence-electron chi connectivity index (χ2n) is 8.29. The van der Waals surface area contributed by atoms with E-state index in [4.69, 9.17) is 4.74 Å². The van der Waals surface area contributed by atoms with Crippen LogP contribution in [0.25, 0.3) is 5.65 Å². The van der Waals surface area contributed by atoms with Crippen molar-refractivity contribution in [1.29, 1.82) is 0 Å². The summed E-state index contributed by atoms with van der Waals surface area (Å²) < 4.78 is 7.25. The van der Waals surface area contributed by atoms with E-state index in [0.29, 0.717) is 12.2 Å². The van der Waals surface area contributed by atoms with Crippen LogP contribution in [0.15, 0.2) is 53.7 Å². The first-order valence-electron chi connectivity index (χ1n) is 10.7. The van der Waals surface area contributed by atoms with E-state index in [1.54, 1.807) is 7.05 Å². The van der Waals surface area contributed by atoms with Gasteiger partial charge in [-0.05, 0) is 57.0 Å². The van der Waals surface area contributed by atoms with Gasteiger partial charge in [0.25, 0.3) is 0 Å². The van der Waals surface area contributed by atoms with Crippen LogP contribution in [0, 0.1) is 0 Å².